The highest BCUT2D eigenvalue weighted by Gasteiger charge is 2.48. The molecule has 0 spiro atoms. The SMILES string of the molecule is [CH2-][NH2+]C1(C)CCC(C(C)C)C2=CC(C)(OO)CCC21. The largest absolute Gasteiger partial charge is 0.474 e. The van der Waals surface area contributed by atoms with Crippen molar-refractivity contribution >= 4 is 0 Å². The minimum atomic E-state index is -0.502. The first-order valence-electron chi connectivity index (χ1n) is 7.54. The first kappa shape index (κ1) is 15.0. The molecule has 0 amide bonds. The van der Waals surface area contributed by atoms with E-state index in [1.165, 1.54) is 18.4 Å². The summed E-state index contributed by atoms with van der Waals surface area (Å²) in [7, 11) is 4.07. The van der Waals surface area contributed by atoms with Crippen LogP contribution in [0.3, 0.4) is 0 Å². The predicted molar refractivity (Wildman–Crippen MR) is 76.2 cm³/mol. The van der Waals surface area contributed by atoms with Gasteiger partial charge in [-0.15, -0.1) is 0 Å². The van der Waals surface area contributed by atoms with Gasteiger partial charge in [-0.1, -0.05) is 19.4 Å². The van der Waals surface area contributed by atoms with Crippen molar-refractivity contribution in [3.8, 4) is 0 Å². The van der Waals surface area contributed by atoms with E-state index in [4.69, 9.17) is 4.89 Å². The van der Waals surface area contributed by atoms with Crippen LogP contribution in [-0.2, 0) is 4.89 Å². The van der Waals surface area contributed by atoms with Crippen LogP contribution in [-0.4, -0.2) is 16.4 Å². The second-order valence-electron chi connectivity index (χ2n) is 7.24. The first-order chi connectivity index (χ1) is 8.85. The minimum absolute atomic E-state index is 0.202. The fourth-order valence-electron chi connectivity index (χ4n) is 4.04. The number of fused-ring (bicyclic) bond motifs is 1. The molecule has 0 radical (unpaired) electrons. The highest BCUT2D eigenvalue weighted by molar-refractivity contribution is 5.26. The Balaban J connectivity index is 2.39. The van der Waals surface area contributed by atoms with E-state index in [1.54, 1.807) is 0 Å². The lowest BCUT2D eigenvalue weighted by Gasteiger charge is -2.50. The van der Waals surface area contributed by atoms with E-state index in [0.717, 1.165) is 12.8 Å². The van der Waals surface area contributed by atoms with Gasteiger partial charge in [0.1, 0.15) is 5.60 Å². The van der Waals surface area contributed by atoms with Crippen LogP contribution >= 0.6 is 0 Å². The molecule has 2 aliphatic rings. The molecule has 0 aromatic carbocycles. The van der Waals surface area contributed by atoms with Crippen molar-refractivity contribution in [2.45, 2.75) is 64.5 Å². The monoisotopic (exact) mass is 267 g/mol. The molecule has 0 bridgehead atoms. The van der Waals surface area contributed by atoms with Gasteiger partial charge in [0.25, 0.3) is 0 Å². The fraction of sp³-hybridized carbons (Fsp3) is 0.812. The molecular formula is C16H29NO2. The molecule has 3 heteroatoms. The molecule has 0 aliphatic heterocycles. The summed E-state index contributed by atoms with van der Waals surface area (Å²) in [5, 5.41) is 11.3. The predicted octanol–water partition coefficient (Wildman–Crippen LogP) is 2.75. The Morgan fingerprint density at radius 1 is 1.37 bits per heavy atom. The number of nitrogens with two attached hydrogens (primary N) is 1. The number of rotatable bonds is 3. The Kier molecular flexibility index (Phi) is 4.10. The minimum Gasteiger partial charge on any atom is -0.474 e. The Morgan fingerprint density at radius 3 is 2.58 bits per heavy atom. The zero-order chi connectivity index (χ0) is 14.3. The molecule has 1 saturated carbocycles. The van der Waals surface area contributed by atoms with E-state index in [2.05, 4.69) is 39.2 Å². The highest BCUT2D eigenvalue weighted by Crippen LogP contribution is 2.48. The second-order valence-corrected chi connectivity index (χ2v) is 7.24. The van der Waals surface area contributed by atoms with Gasteiger partial charge in [0, 0.05) is 12.3 Å². The summed E-state index contributed by atoms with van der Waals surface area (Å²) in [6.45, 7) is 8.90. The molecule has 3 N–H and O–H groups in total. The third-order valence-electron chi connectivity index (χ3n) is 5.50. The van der Waals surface area contributed by atoms with Crippen molar-refractivity contribution in [3.05, 3.63) is 18.7 Å². The molecule has 2 rings (SSSR count). The van der Waals surface area contributed by atoms with E-state index in [-0.39, 0.29) is 5.54 Å². The summed E-state index contributed by atoms with van der Waals surface area (Å²) in [6.07, 6.45) is 6.59. The van der Waals surface area contributed by atoms with E-state index < -0.39 is 5.60 Å². The lowest BCUT2D eigenvalue weighted by atomic mass is 9.59. The fourth-order valence-corrected chi connectivity index (χ4v) is 4.04. The van der Waals surface area contributed by atoms with E-state index in [1.807, 2.05) is 6.92 Å². The van der Waals surface area contributed by atoms with Gasteiger partial charge < -0.3 is 5.32 Å². The quantitative estimate of drug-likeness (QED) is 0.357. The lowest BCUT2D eigenvalue weighted by molar-refractivity contribution is -0.683. The number of hydrogen-bond acceptors (Lipinski definition) is 2. The second kappa shape index (κ2) is 5.19. The van der Waals surface area contributed by atoms with Crippen molar-refractivity contribution in [2.24, 2.45) is 17.8 Å². The van der Waals surface area contributed by atoms with Crippen LogP contribution in [0.25, 0.3) is 0 Å². The highest BCUT2D eigenvalue weighted by atomic mass is 17.1. The van der Waals surface area contributed by atoms with Crippen molar-refractivity contribution in [3.63, 3.8) is 0 Å². The van der Waals surface area contributed by atoms with E-state index >= 15 is 0 Å². The average molecular weight is 267 g/mol. The third kappa shape index (κ3) is 2.61. The molecule has 1 fully saturated rings. The van der Waals surface area contributed by atoms with Crippen molar-refractivity contribution in [2.75, 3.05) is 0 Å². The average Bonchev–Trinajstić information content (AvgIpc) is 2.38. The van der Waals surface area contributed by atoms with E-state index in [0.29, 0.717) is 17.8 Å². The van der Waals surface area contributed by atoms with Crippen LogP contribution in [0, 0.1) is 24.8 Å². The zero-order valence-corrected chi connectivity index (χ0v) is 12.8. The summed E-state index contributed by atoms with van der Waals surface area (Å²) in [5.41, 5.74) is 1.19. The maximum atomic E-state index is 9.19. The first-order valence-corrected chi connectivity index (χ1v) is 7.54. The smallest absolute Gasteiger partial charge is 0.119 e. The molecule has 3 nitrogen and oxygen atoms in total. The van der Waals surface area contributed by atoms with Gasteiger partial charge in [-0.25, -0.2) is 4.89 Å². The van der Waals surface area contributed by atoms with E-state index in [9.17, 15) is 5.26 Å². The van der Waals surface area contributed by atoms with Crippen LogP contribution < -0.4 is 5.32 Å². The Bertz CT molecular complexity index is 366. The normalized spacial score (nSPS) is 43.0. The topological polar surface area (TPSA) is 46.1 Å². The van der Waals surface area contributed by atoms with Crippen molar-refractivity contribution in [1.29, 1.82) is 0 Å². The molecule has 0 aromatic rings. The van der Waals surface area contributed by atoms with Crippen molar-refractivity contribution < 1.29 is 15.5 Å². The van der Waals surface area contributed by atoms with Crippen LogP contribution in [0.2, 0.25) is 0 Å². The molecule has 0 aromatic heterocycles. The Morgan fingerprint density at radius 2 is 2.05 bits per heavy atom. The lowest BCUT2D eigenvalue weighted by Crippen LogP contribution is -2.93. The molecule has 110 valence electrons. The molecule has 4 unspecified atom stereocenters. The summed E-state index contributed by atoms with van der Waals surface area (Å²) < 4.78 is 0. The van der Waals surface area contributed by atoms with Gasteiger partial charge in [-0.2, -0.15) is 7.05 Å². The molecule has 0 saturated heterocycles. The van der Waals surface area contributed by atoms with Gasteiger partial charge >= 0.3 is 0 Å². The van der Waals surface area contributed by atoms with Crippen LogP contribution in [0.15, 0.2) is 11.6 Å². The zero-order valence-electron chi connectivity index (χ0n) is 12.8. The molecule has 0 heterocycles. The van der Waals surface area contributed by atoms with Gasteiger partial charge in [-0.3, -0.25) is 5.26 Å². The third-order valence-corrected chi connectivity index (χ3v) is 5.50. The van der Waals surface area contributed by atoms with Gasteiger partial charge in [0.15, 0.2) is 0 Å². The maximum Gasteiger partial charge on any atom is 0.119 e. The number of quaternary nitrogens is 1. The summed E-state index contributed by atoms with van der Waals surface area (Å²) in [5.74, 6) is 1.83. The Hall–Kier alpha value is -0.380. The molecular weight excluding hydrogens is 238 g/mol. The van der Waals surface area contributed by atoms with Gasteiger partial charge in [-0.05, 0) is 51.0 Å². The summed E-state index contributed by atoms with van der Waals surface area (Å²) >= 11 is 0. The van der Waals surface area contributed by atoms with Crippen LogP contribution in [0.4, 0.5) is 0 Å². The van der Waals surface area contributed by atoms with Crippen LogP contribution in [0.1, 0.15) is 53.4 Å². The molecule has 2 aliphatic carbocycles. The molecule has 19 heavy (non-hydrogen) atoms. The van der Waals surface area contributed by atoms with Crippen molar-refractivity contribution in [1.82, 2.24) is 0 Å². The Labute approximate surface area is 117 Å². The number of hydrogen-bond donors (Lipinski definition) is 2. The summed E-state index contributed by atoms with van der Waals surface area (Å²) in [6, 6.07) is 0. The summed E-state index contributed by atoms with van der Waals surface area (Å²) in [4.78, 5) is 4.76. The maximum absolute atomic E-state index is 9.19. The molecule has 4 atom stereocenters. The van der Waals surface area contributed by atoms with Gasteiger partial charge in [0.05, 0.1) is 5.54 Å². The van der Waals surface area contributed by atoms with Crippen LogP contribution in [0.5, 0.6) is 0 Å². The van der Waals surface area contributed by atoms with Gasteiger partial charge in [0.2, 0.25) is 0 Å². The standard InChI is InChI=1S/C16H29NO2/c1-11(2)12-6-9-16(4,17-5)14-7-8-15(3,19-18)10-13(12)14/h10-12,14,18H,5-9,17H2,1-4H3.